The summed E-state index contributed by atoms with van der Waals surface area (Å²) in [4.78, 5) is 23.9. The fourth-order valence-corrected chi connectivity index (χ4v) is 4.88. The molecule has 0 unspecified atom stereocenters. The van der Waals surface area contributed by atoms with Crippen LogP contribution in [0.2, 0.25) is 5.02 Å². The van der Waals surface area contributed by atoms with E-state index in [1.54, 1.807) is 18.2 Å². The number of sulfonamides is 1. The quantitative estimate of drug-likeness (QED) is 0.551. The molecule has 0 saturated carbocycles. The van der Waals surface area contributed by atoms with E-state index in [0.717, 1.165) is 0 Å². The van der Waals surface area contributed by atoms with Crippen LogP contribution in [0.4, 0.5) is 10.1 Å². The van der Waals surface area contributed by atoms with Gasteiger partial charge in [-0.15, -0.1) is 0 Å². The Morgan fingerprint density at radius 2 is 1.73 bits per heavy atom. The van der Waals surface area contributed by atoms with Crippen LogP contribution in [0.15, 0.2) is 76.7 Å². The molecule has 4 rings (SSSR count). The molecule has 3 aromatic rings. The normalized spacial score (nSPS) is 14.3. The maximum atomic E-state index is 14.5. The SMILES string of the molecule is CC(=O)c1ccc(NC(=O)CN2N=C(c3ccccc3F)c3cc(Cl)ccc3S2(=O)=O)cc1. The molecule has 0 saturated heterocycles. The van der Waals surface area contributed by atoms with Gasteiger partial charge in [0.1, 0.15) is 18.1 Å². The summed E-state index contributed by atoms with van der Waals surface area (Å²) in [5.74, 6) is -1.39. The largest absolute Gasteiger partial charge is 0.324 e. The number of amides is 1. The van der Waals surface area contributed by atoms with Crippen LogP contribution in [0.1, 0.15) is 28.4 Å². The Hall–Kier alpha value is -3.56. The Morgan fingerprint density at radius 1 is 1.03 bits per heavy atom. The lowest BCUT2D eigenvalue weighted by molar-refractivity contribution is -0.116. The summed E-state index contributed by atoms with van der Waals surface area (Å²) in [5, 5.41) is 6.95. The third kappa shape index (κ3) is 4.50. The lowest BCUT2D eigenvalue weighted by atomic mass is 10.0. The molecule has 1 aliphatic rings. The van der Waals surface area contributed by atoms with Gasteiger partial charge in [-0.05, 0) is 61.5 Å². The number of hydrogen-bond donors (Lipinski definition) is 1. The summed E-state index contributed by atoms with van der Waals surface area (Å²) in [6.45, 7) is 0.780. The van der Waals surface area contributed by atoms with Crippen LogP contribution in [0.5, 0.6) is 0 Å². The molecule has 168 valence electrons. The van der Waals surface area contributed by atoms with Crippen LogP contribution in [0.25, 0.3) is 0 Å². The van der Waals surface area contributed by atoms with E-state index >= 15 is 0 Å². The standard InChI is InChI=1S/C23H17ClFN3O4S/c1-14(29)15-6-9-17(10-7-15)26-22(30)13-28-27-23(18-4-2-3-5-20(18)25)19-12-16(24)8-11-21(19)33(28,31)32/h2-12H,13H2,1H3,(H,26,30). The molecule has 0 atom stereocenters. The van der Waals surface area contributed by atoms with E-state index in [4.69, 9.17) is 11.6 Å². The number of benzene rings is 3. The van der Waals surface area contributed by atoms with E-state index in [0.29, 0.717) is 15.7 Å². The number of nitrogens with one attached hydrogen (secondary N) is 1. The van der Waals surface area contributed by atoms with Gasteiger partial charge >= 0.3 is 0 Å². The van der Waals surface area contributed by atoms with Crippen molar-refractivity contribution in [2.24, 2.45) is 5.10 Å². The summed E-state index contributed by atoms with van der Waals surface area (Å²) < 4.78 is 41.5. The topological polar surface area (TPSA) is 95.9 Å². The van der Waals surface area contributed by atoms with E-state index in [1.165, 1.54) is 55.5 Å². The number of ketones is 1. The molecule has 1 amide bonds. The second-order valence-corrected chi connectivity index (χ2v) is 9.48. The molecular formula is C23H17ClFN3O4S. The fourth-order valence-electron chi connectivity index (χ4n) is 3.33. The Labute approximate surface area is 194 Å². The first-order valence-corrected chi connectivity index (χ1v) is 11.6. The van der Waals surface area contributed by atoms with Gasteiger partial charge < -0.3 is 5.32 Å². The van der Waals surface area contributed by atoms with Crippen LogP contribution in [-0.2, 0) is 14.8 Å². The van der Waals surface area contributed by atoms with E-state index in [2.05, 4.69) is 10.4 Å². The smallest absolute Gasteiger partial charge is 0.280 e. The Kier molecular flexibility index (Phi) is 6.01. The summed E-state index contributed by atoms with van der Waals surface area (Å²) in [7, 11) is -4.20. The van der Waals surface area contributed by atoms with Crippen molar-refractivity contribution in [3.05, 3.63) is 94.3 Å². The van der Waals surface area contributed by atoms with Crippen LogP contribution in [0, 0.1) is 5.82 Å². The number of rotatable bonds is 5. The molecule has 1 aliphatic heterocycles. The highest BCUT2D eigenvalue weighted by Gasteiger charge is 2.35. The summed E-state index contributed by atoms with van der Waals surface area (Å²) in [6, 6.07) is 16.0. The first-order valence-electron chi connectivity index (χ1n) is 9.74. The molecule has 1 heterocycles. The molecule has 0 spiro atoms. The Balaban J connectivity index is 1.69. The number of Topliss-reactive ketones (excluding diaryl/α,β-unsaturated/α-hetero) is 1. The molecule has 0 aromatic heterocycles. The number of carbonyl (C=O) groups excluding carboxylic acids is 2. The van der Waals surface area contributed by atoms with Crippen LogP contribution >= 0.6 is 11.6 Å². The second kappa shape index (κ2) is 8.76. The van der Waals surface area contributed by atoms with Gasteiger partial charge in [-0.2, -0.15) is 17.9 Å². The van der Waals surface area contributed by atoms with Gasteiger partial charge in [0.2, 0.25) is 5.91 Å². The van der Waals surface area contributed by atoms with Gasteiger partial charge in [-0.25, -0.2) is 4.39 Å². The Bertz CT molecular complexity index is 1410. The minimum Gasteiger partial charge on any atom is -0.324 e. The van der Waals surface area contributed by atoms with Crippen molar-refractivity contribution in [2.45, 2.75) is 11.8 Å². The zero-order chi connectivity index (χ0) is 23.8. The average Bonchev–Trinajstić information content (AvgIpc) is 2.76. The van der Waals surface area contributed by atoms with Gasteiger partial charge in [0.05, 0.1) is 4.90 Å². The molecule has 0 aliphatic carbocycles. The Morgan fingerprint density at radius 3 is 2.39 bits per heavy atom. The third-order valence-corrected chi connectivity index (χ3v) is 6.86. The summed E-state index contributed by atoms with van der Waals surface area (Å²) in [5.41, 5.74) is 1.11. The van der Waals surface area contributed by atoms with Crippen molar-refractivity contribution < 1.29 is 22.4 Å². The number of hydrazone groups is 1. The van der Waals surface area contributed by atoms with Crippen molar-refractivity contribution in [1.29, 1.82) is 0 Å². The lowest BCUT2D eigenvalue weighted by Gasteiger charge is -2.27. The third-order valence-electron chi connectivity index (χ3n) is 4.95. The van der Waals surface area contributed by atoms with E-state index < -0.39 is 28.3 Å². The highest BCUT2D eigenvalue weighted by molar-refractivity contribution is 7.89. The molecular weight excluding hydrogens is 469 g/mol. The highest BCUT2D eigenvalue weighted by atomic mass is 35.5. The predicted octanol–water partition coefficient (Wildman–Crippen LogP) is 4.08. The minimum atomic E-state index is -4.20. The number of carbonyl (C=O) groups is 2. The molecule has 0 bridgehead atoms. The second-order valence-electron chi connectivity index (χ2n) is 7.24. The number of anilines is 1. The van der Waals surface area contributed by atoms with Crippen molar-refractivity contribution in [3.63, 3.8) is 0 Å². The predicted molar refractivity (Wildman–Crippen MR) is 122 cm³/mol. The van der Waals surface area contributed by atoms with Crippen molar-refractivity contribution >= 4 is 44.7 Å². The molecule has 0 radical (unpaired) electrons. The molecule has 3 aromatic carbocycles. The van der Waals surface area contributed by atoms with Crippen LogP contribution in [-0.4, -0.2) is 36.8 Å². The van der Waals surface area contributed by atoms with Gasteiger partial charge in [-0.3, -0.25) is 9.59 Å². The zero-order valence-corrected chi connectivity index (χ0v) is 18.8. The minimum absolute atomic E-state index is 0.0408. The lowest BCUT2D eigenvalue weighted by Crippen LogP contribution is -2.38. The van der Waals surface area contributed by atoms with Crippen molar-refractivity contribution in [3.8, 4) is 0 Å². The fraction of sp³-hybridized carbons (Fsp3) is 0.0870. The van der Waals surface area contributed by atoms with Gasteiger partial charge in [-0.1, -0.05) is 23.7 Å². The molecule has 10 heteroatoms. The van der Waals surface area contributed by atoms with E-state index in [1.807, 2.05) is 0 Å². The highest BCUT2D eigenvalue weighted by Crippen LogP contribution is 2.31. The first-order chi connectivity index (χ1) is 15.7. The summed E-state index contributed by atoms with van der Waals surface area (Å²) >= 11 is 6.06. The number of halogens is 2. The molecule has 7 nitrogen and oxygen atoms in total. The van der Waals surface area contributed by atoms with E-state index in [-0.39, 0.29) is 32.5 Å². The number of fused-ring (bicyclic) bond motifs is 1. The maximum absolute atomic E-state index is 14.5. The number of nitrogens with zero attached hydrogens (tertiary/aromatic N) is 2. The summed E-state index contributed by atoms with van der Waals surface area (Å²) in [6.07, 6.45) is 0. The zero-order valence-electron chi connectivity index (χ0n) is 17.2. The molecule has 0 fully saturated rings. The van der Waals surface area contributed by atoms with Gasteiger partial charge in [0.25, 0.3) is 10.0 Å². The first kappa shape index (κ1) is 22.6. The molecule has 33 heavy (non-hydrogen) atoms. The van der Waals surface area contributed by atoms with Crippen LogP contribution in [0.3, 0.4) is 0 Å². The average molecular weight is 486 g/mol. The van der Waals surface area contributed by atoms with E-state index in [9.17, 15) is 22.4 Å². The van der Waals surface area contributed by atoms with Crippen LogP contribution < -0.4 is 5.32 Å². The maximum Gasteiger partial charge on any atom is 0.280 e. The van der Waals surface area contributed by atoms with Gasteiger partial charge in [0.15, 0.2) is 5.78 Å². The van der Waals surface area contributed by atoms with Crippen molar-refractivity contribution in [2.75, 3.05) is 11.9 Å². The molecule has 1 N–H and O–H groups in total. The van der Waals surface area contributed by atoms with Gasteiger partial charge in [0, 0.05) is 27.4 Å². The number of hydrogen-bond acceptors (Lipinski definition) is 5. The van der Waals surface area contributed by atoms with Crippen molar-refractivity contribution in [1.82, 2.24) is 4.41 Å². The monoisotopic (exact) mass is 485 g/mol.